The molecule has 2 aliphatic rings. The number of hydrogen-bond donors (Lipinski definition) is 0. The van der Waals surface area contributed by atoms with Gasteiger partial charge in [0.15, 0.2) is 0 Å². The molecule has 5 rings (SSSR count). The van der Waals surface area contributed by atoms with Crippen molar-refractivity contribution in [2.45, 2.75) is 71.6 Å². The molecule has 178 valence electrons. The molecule has 0 heterocycles. The van der Waals surface area contributed by atoms with E-state index in [2.05, 4.69) is 118 Å². The van der Waals surface area contributed by atoms with Gasteiger partial charge in [-0.25, -0.2) is 12.2 Å². The summed E-state index contributed by atoms with van der Waals surface area (Å²) in [6.45, 7) is 13.6. The van der Waals surface area contributed by atoms with Gasteiger partial charge >= 0.3 is 70.3 Å². The molecule has 0 atom stereocenters. The normalized spacial score (nSPS) is 13.3. The Morgan fingerprint density at radius 3 is 2.11 bits per heavy atom. The minimum atomic E-state index is 0.167. The first-order valence-electron chi connectivity index (χ1n) is 12.5. The van der Waals surface area contributed by atoms with Gasteiger partial charge in [-0.05, 0) is 28.4 Å². The average molecular weight is 538 g/mol. The van der Waals surface area contributed by atoms with Gasteiger partial charge in [-0.15, -0.1) is 17.5 Å². The molecule has 0 aromatic heterocycles. The number of hydrogen-bond acceptors (Lipinski definition) is 0. The van der Waals surface area contributed by atoms with E-state index >= 15 is 0 Å². The van der Waals surface area contributed by atoms with Crippen molar-refractivity contribution in [1.29, 1.82) is 0 Å². The van der Waals surface area contributed by atoms with Gasteiger partial charge in [0.05, 0.1) is 0 Å². The van der Waals surface area contributed by atoms with Crippen LogP contribution in [-0.2, 0) is 47.9 Å². The molecule has 0 unspecified atom stereocenters. The van der Waals surface area contributed by atoms with Crippen molar-refractivity contribution in [3.63, 3.8) is 0 Å². The zero-order valence-corrected chi connectivity index (χ0v) is 24.7. The molecule has 1 heteroatoms. The molecule has 0 bridgehead atoms. The maximum absolute atomic E-state index is 3.67. The number of fused-ring (bicyclic) bond motifs is 3. The van der Waals surface area contributed by atoms with Crippen molar-refractivity contribution in [3.8, 4) is 11.1 Å². The summed E-state index contributed by atoms with van der Waals surface area (Å²) in [5, 5.41) is 0. The Balaban J connectivity index is 0.000000199. The second kappa shape index (κ2) is 12.2. The molecule has 0 aliphatic heterocycles. The van der Waals surface area contributed by atoms with Crippen LogP contribution in [0.3, 0.4) is 0 Å². The standard InChI is InChI=1S/C21H25.C8H8.C5H5.Zr/c1-20(2,3)16-7-9-18-14(12-16)11-15-13-17(21(4,5)6)8-10-19(15)18;1-2-8-6-4-3-5-7-8;1-2-4-5-3-1;/h7-10,12H,11H2,1-6H3;1,3-7H,2H2;1-3H,4H2;/q-1;;-1;+2. The third-order valence-electron chi connectivity index (χ3n) is 6.23. The van der Waals surface area contributed by atoms with E-state index in [-0.39, 0.29) is 10.8 Å². The van der Waals surface area contributed by atoms with Crippen molar-refractivity contribution < 1.29 is 24.2 Å². The van der Waals surface area contributed by atoms with Gasteiger partial charge in [0.2, 0.25) is 0 Å². The van der Waals surface area contributed by atoms with E-state index in [1.807, 2.05) is 18.2 Å². The monoisotopic (exact) mass is 536 g/mol. The average Bonchev–Trinajstić information content (AvgIpc) is 3.50. The summed E-state index contributed by atoms with van der Waals surface area (Å²) in [4.78, 5) is 0. The molecule has 2 aliphatic carbocycles. The third kappa shape index (κ3) is 7.94. The first-order valence-corrected chi connectivity index (χ1v) is 14.0. The second-order valence-corrected chi connectivity index (χ2v) is 12.2. The van der Waals surface area contributed by atoms with E-state index in [0.717, 1.165) is 19.3 Å². The molecule has 0 spiro atoms. The molecule has 0 fully saturated rings. The Kier molecular flexibility index (Phi) is 9.60. The molecule has 0 saturated heterocycles. The van der Waals surface area contributed by atoms with Crippen LogP contribution in [0.1, 0.15) is 75.8 Å². The van der Waals surface area contributed by atoms with Crippen LogP contribution in [0.25, 0.3) is 11.1 Å². The van der Waals surface area contributed by atoms with E-state index in [0.29, 0.717) is 0 Å². The Morgan fingerprint density at radius 1 is 0.857 bits per heavy atom. The second-order valence-electron chi connectivity index (χ2n) is 11.2. The topological polar surface area (TPSA) is 0 Å². The van der Waals surface area contributed by atoms with Crippen LogP contribution in [0.4, 0.5) is 0 Å². The van der Waals surface area contributed by atoms with Crippen LogP contribution in [0.15, 0.2) is 78.9 Å². The quantitative estimate of drug-likeness (QED) is 0.225. The summed E-state index contributed by atoms with van der Waals surface area (Å²) in [6, 6.07) is 25.7. The zero-order valence-electron chi connectivity index (χ0n) is 22.2. The molecular weight excluding hydrogens is 500 g/mol. The number of rotatable bonds is 2. The van der Waals surface area contributed by atoms with Gasteiger partial charge in [-0.2, -0.15) is 29.8 Å². The van der Waals surface area contributed by atoms with Gasteiger partial charge < -0.3 is 0 Å². The van der Waals surface area contributed by atoms with Gasteiger partial charge in [0, 0.05) is 0 Å². The van der Waals surface area contributed by atoms with Crippen LogP contribution >= 0.6 is 0 Å². The van der Waals surface area contributed by atoms with Crippen molar-refractivity contribution in [3.05, 3.63) is 119 Å². The van der Waals surface area contributed by atoms with Crippen LogP contribution in [-0.4, -0.2) is 3.71 Å². The summed E-state index contributed by atoms with van der Waals surface area (Å²) in [7, 11) is 0. The molecule has 0 N–H and O–H groups in total. The Hall–Kier alpha value is -2.11. The van der Waals surface area contributed by atoms with Crippen molar-refractivity contribution >= 4 is 3.71 Å². The van der Waals surface area contributed by atoms with Crippen LogP contribution in [0.5, 0.6) is 0 Å². The minimum absolute atomic E-state index is 0.167. The molecule has 0 saturated carbocycles. The van der Waals surface area contributed by atoms with Crippen molar-refractivity contribution in [2.24, 2.45) is 0 Å². The van der Waals surface area contributed by atoms with E-state index in [1.165, 1.54) is 63.2 Å². The van der Waals surface area contributed by atoms with Crippen LogP contribution < -0.4 is 0 Å². The summed E-state index contributed by atoms with van der Waals surface area (Å²) in [6.07, 6.45) is 12.2. The molecule has 0 radical (unpaired) electrons. The number of benzene rings is 3. The van der Waals surface area contributed by atoms with Gasteiger partial charge in [-0.1, -0.05) is 65.3 Å². The fourth-order valence-corrected chi connectivity index (χ4v) is 4.68. The summed E-state index contributed by atoms with van der Waals surface area (Å²) in [5.74, 6) is 0. The molecule has 0 nitrogen and oxygen atoms in total. The maximum atomic E-state index is 3.67. The predicted octanol–water partition coefficient (Wildman–Crippen LogP) is 8.54. The summed E-state index contributed by atoms with van der Waals surface area (Å²) >= 11 is 1.51. The van der Waals surface area contributed by atoms with E-state index in [1.54, 1.807) is 0 Å². The Labute approximate surface area is 228 Å². The number of allylic oxidation sites excluding steroid dienone is 4. The summed E-state index contributed by atoms with van der Waals surface area (Å²) in [5.41, 5.74) is 10.1. The van der Waals surface area contributed by atoms with E-state index in [9.17, 15) is 0 Å². The molecule has 0 amide bonds. The van der Waals surface area contributed by atoms with Crippen LogP contribution in [0, 0.1) is 12.1 Å². The summed E-state index contributed by atoms with van der Waals surface area (Å²) < 4.78 is 2.25. The van der Waals surface area contributed by atoms with Crippen LogP contribution in [0.2, 0.25) is 0 Å². The SMILES string of the molecule is CC(C)(C)c1[c-]c2c(cc1)-c1ccc(C(C)(C)C)cc1C2.[C-]1=CC=CC1.[Zr+2]=[CH]Cc1ccccc1. The first kappa shape index (κ1) is 27.5. The molecular formula is C34H38Zr. The molecule has 35 heavy (non-hydrogen) atoms. The van der Waals surface area contributed by atoms with Crippen molar-refractivity contribution in [2.75, 3.05) is 0 Å². The third-order valence-corrected chi connectivity index (χ3v) is 6.73. The van der Waals surface area contributed by atoms with Gasteiger partial charge in [0.1, 0.15) is 0 Å². The predicted molar refractivity (Wildman–Crippen MR) is 149 cm³/mol. The first-order chi connectivity index (χ1) is 16.6. The van der Waals surface area contributed by atoms with E-state index in [4.69, 9.17) is 0 Å². The van der Waals surface area contributed by atoms with Gasteiger partial charge in [0.25, 0.3) is 0 Å². The molecule has 3 aromatic rings. The van der Waals surface area contributed by atoms with Gasteiger partial charge in [-0.3, -0.25) is 6.08 Å². The van der Waals surface area contributed by atoms with Crippen molar-refractivity contribution in [1.82, 2.24) is 0 Å². The zero-order chi connectivity index (χ0) is 25.5. The fourth-order valence-electron chi connectivity index (χ4n) is 4.10. The Morgan fingerprint density at radius 2 is 1.57 bits per heavy atom. The van der Waals surface area contributed by atoms with E-state index < -0.39 is 0 Å². The fraction of sp³-hybridized carbons (Fsp3) is 0.324. The Bertz CT molecular complexity index is 1110. The molecule has 3 aromatic carbocycles.